The van der Waals surface area contributed by atoms with Gasteiger partial charge in [-0.25, -0.2) is 0 Å². The van der Waals surface area contributed by atoms with Crippen molar-refractivity contribution in [1.29, 1.82) is 0 Å². The van der Waals surface area contributed by atoms with E-state index < -0.39 is 17.7 Å². The average Bonchev–Trinajstić information content (AvgIpc) is 3.04. The third-order valence-corrected chi connectivity index (χ3v) is 5.53. The first-order chi connectivity index (χ1) is 15.4. The number of carbonyl (C=O) groups is 2. The van der Waals surface area contributed by atoms with Gasteiger partial charge in [0.1, 0.15) is 11.5 Å². The van der Waals surface area contributed by atoms with Crippen molar-refractivity contribution < 1.29 is 19.4 Å². The molecule has 1 aromatic heterocycles. The third kappa shape index (κ3) is 4.16. The van der Waals surface area contributed by atoms with Gasteiger partial charge in [0, 0.05) is 28.1 Å². The maximum Gasteiger partial charge on any atom is 0.300 e. The molecule has 3 aromatic rings. The lowest BCUT2D eigenvalue weighted by molar-refractivity contribution is -0.132. The summed E-state index contributed by atoms with van der Waals surface area (Å²) in [6, 6.07) is 16.6. The highest BCUT2D eigenvalue weighted by Gasteiger charge is 2.47. The van der Waals surface area contributed by atoms with E-state index in [0.717, 1.165) is 4.47 Å². The zero-order valence-corrected chi connectivity index (χ0v) is 19.1. The number of benzene rings is 2. The van der Waals surface area contributed by atoms with E-state index in [2.05, 4.69) is 20.9 Å². The largest absolute Gasteiger partial charge is 0.507 e. The summed E-state index contributed by atoms with van der Waals surface area (Å²) in [5, 5.41) is 11.2. The van der Waals surface area contributed by atoms with Gasteiger partial charge in [-0.1, -0.05) is 34.1 Å². The Balaban J connectivity index is 1.90. The summed E-state index contributed by atoms with van der Waals surface area (Å²) >= 11 is 3.42. The summed E-state index contributed by atoms with van der Waals surface area (Å²) < 4.78 is 6.49. The fourth-order valence-corrected chi connectivity index (χ4v) is 4.12. The van der Waals surface area contributed by atoms with Crippen molar-refractivity contribution in [1.82, 2.24) is 4.98 Å². The number of pyridine rings is 1. The molecule has 1 atom stereocenters. The molecule has 0 spiro atoms. The van der Waals surface area contributed by atoms with Crippen LogP contribution < -0.4 is 9.64 Å². The van der Waals surface area contributed by atoms with Crippen molar-refractivity contribution in [3.63, 3.8) is 0 Å². The molecule has 1 aliphatic heterocycles. The van der Waals surface area contributed by atoms with E-state index in [1.807, 2.05) is 19.9 Å². The molecule has 1 unspecified atom stereocenters. The third-order valence-electron chi connectivity index (χ3n) is 5.03. The topological polar surface area (TPSA) is 79.7 Å². The van der Waals surface area contributed by atoms with Crippen molar-refractivity contribution in [3.8, 4) is 5.75 Å². The SMILES string of the molecule is CC(C)Oc1cccc(/C(O)=C2\C(=O)C(=O)N(c3cccc(Br)c3)C2c2ccncc2)c1. The number of carbonyl (C=O) groups excluding carboxylic acids is 2. The second-order valence-corrected chi connectivity index (χ2v) is 8.54. The second kappa shape index (κ2) is 8.96. The van der Waals surface area contributed by atoms with Crippen LogP contribution in [0.3, 0.4) is 0 Å². The smallest absolute Gasteiger partial charge is 0.300 e. The zero-order valence-electron chi connectivity index (χ0n) is 17.5. The highest BCUT2D eigenvalue weighted by molar-refractivity contribution is 9.10. The van der Waals surface area contributed by atoms with Crippen LogP contribution >= 0.6 is 15.9 Å². The molecule has 0 saturated carbocycles. The summed E-state index contributed by atoms with van der Waals surface area (Å²) in [4.78, 5) is 31.8. The molecule has 1 saturated heterocycles. The van der Waals surface area contributed by atoms with Crippen LogP contribution in [0.15, 0.2) is 83.1 Å². The standard InChI is InChI=1S/C25H21BrN2O4/c1-15(2)32-20-8-3-5-17(13-20)23(29)21-22(16-9-11-27-12-10-16)28(25(31)24(21)30)19-7-4-6-18(26)14-19/h3-15,22,29H,1-2H3/b23-21+. The number of anilines is 1. The fourth-order valence-electron chi connectivity index (χ4n) is 3.73. The fraction of sp³-hybridized carbons (Fsp3) is 0.160. The maximum atomic E-state index is 13.2. The molecule has 32 heavy (non-hydrogen) atoms. The van der Waals surface area contributed by atoms with Crippen molar-refractivity contribution in [2.75, 3.05) is 4.90 Å². The van der Waals surface area contributed by atoms with Gasteiger partial charge >= 0.3 is 0 Å². The Morgan fingerprint density at radius 1 is 1.06 bits per heavy atom. The minimum atomic E-state index is -0.804. The van der Waals surface area contributed by atoms with Gasteiger partial charge in [-0.05, 0) is 61.9 Å². The van der Waals surface area contributed by atoms with Gasteiger partial charge in [0.2, 0.25) is 0 Å². The van der Waals surface area contributed by atoms with Crippen molar-refractivity contribution >= 4 is 39.1 Å². The van der Waals surface area contributed by atoms with Crippen molar-refractivity contribution in [2.24, 2.45) is 0 Å². The number of hydrogen-bond donors (Lipinski definition) is 1. The lowest BCUT2D eigenvalue weighted by Crippen LogP contribution is -2.29. The van der Waals surface area contributed by atoms with Crippen LogP contribution in [0.2, 0.25) is 0 Å². The highest BCUT2D eigenvalue weighted by atomic mass is 79.9. The Morgan fingerprint density at radius 3 is 2.47 bits per heavy atom. The Morgan fingerprint density at radius 2 is 1.78 bits per heavy atom. The Bertz CT molecular complexity index is 1210. The highest BCUT2D eigenvalue weighted by Crippen LogP contribution is 2.42. The molecule has 2 heterocycles. The molecule has 0 aliphatic carbocycles. The van der Waals surface area contributed by atoms with Crippen LogP contribution in [-0.4, -0.2) is 27.9 Å². The van der Waals surface area contributed by atoms with Gasteiger partial charge in [-0.15, -0.1) is 0 Å². The predicted molar refractivity (Wildman–Crippen MR) is 125 cm³/mol. The number of aliphatic hydroxyl groups is 1. The van der Waals surface area contributed by atoms with Gasteiger partial charge in [-0.3, -0.25) is 19.5 Å². The van der Waals surface area contributed by atoms with E-state index in [-0.39, 0.29) is 17.4 Å². The van der Waals surface area contributed by atoms with E-state index in [1.165, 1.54) is 4.90 Å². The van der Waals surface area contributed by atoms with Gasteiger partial charge in [0.15, 0.2) is 0 Å². The first kappa shape index (κ1) is 21.8. The molecule has 4 rings (SSSR count). The van der Waals surface area contributed by atoms with Gasteiger partial charge in [-0.2, -0.15) is 0 Å². The molecule has 1 aliphatic rings. The van der Waals surface area contributed by atoms with Crippen LogP contribution in [0.4, 0.5) is 5.69 Å². The van der Waals surface area contributed by atoms with Gasteiger partial charge < -0.3 is 9.84 Å². The summed E-state index contributed by atoms with van der Waals surface area (Å²) in [6.45, 7) is 3.80. The van der Waals surface area contributed by atoms with Crippen LogP contribution in [0.5, 0.6) is 5.75 Å². The second-order valence-electron chi connectivity index (χ2n) is 7.62. The van der Waals surface area contributed by atoms with E-state index in [0.29, 0.717) is 22.6 Å². The normalized spacial score (nSPS) is 17.8. The van der Waals surface area contributed by atoms with E-state index in [4.69, 9.17) is 4.74 Å². The number of amides is 1. The summed E-state index contributed by atoms with van der Waals surface area (Å²) in [7, 11) is 0. The number of Topliss-reactive ketones (excluding diaryl/α,β-unsaturated/α-hetero) is 1. The van der Waals surface area contributed by atoms with Gasteiger partial charge in [0.05, 0.1) is 17.7 Å². The Hall–Kier alpha value is -3.45. The predicted octanol–water partition coefficient (Wildman–Crippen LogP) is 5.26. The Kier molecular flexibility index (Phi) is 6.10. The number of nitrogens with zero attached hydrogens (tertiary/aromatic N) is 2. The molecule has 1 amide bonds. The molecule has 2 aromatic carbocycles. The quantitative estimate of drug-likeness (QED) is 0.298. The zero-order chi connectivity index (χ0) is 22.8. The molecular weight excluding hydrogens is 472 g/mol. The molecule has 1 N–H and O–H groups in total. The molecule has 1 fully saturated rings. The maximum absolute atomic E-state index is 13.2. The Labute approximate surface area is 194 Å². The number of ketones is 1. The molecule has 0 bridgehead atoms. The molecule has 7 heteroatoms. The van der Waals surface area contributed by atoms with Gasteiger partial charge in [0.25, 0.3) is 11.7 Å². The van der Waals surface area contributed by atoms with Crippen LogP contribution in [0, 0.1) is 0 Å². The minimum Gasteiger partial charge on any atom is -0.507 e. The van der Waals surface area contributed by atoms with Crippen molar-refractivity contribution in [2.45, 2.75) is 26.0 Å². The lowest BCUT2D eigenvalue weighted by atomic mass is 9.95. The number of aromatic nitrogens is 1. The summed E-state index contributed by atoms with van der Waals surface area (Å²) in [5.74, 6) is -1.15. The summed E-state index contributed by atoms with van der Waals surface area (Å²) in [5.41, 5.74) is 1.62. The molecule has 0 radical (unpaired) electrons. The number of halogens is 1. The first-order valence-electron chi connectivity index (χ1n) is 10.1. The van der Waals surface area contributed by atoms with Crippen LogP contribution in [-0.2, 0) is 9.59 Å². The lowest BCUT2D eigenvalue weighted by Gasteiger charge is -2.25. The number of rotatable bonds is 5. The molecule has 162 valence electrons. The monoisotopic (exact) mass is 492 g/mol. The van der Waals surface area contributed by atoms with E-state index in [9.17, 15) is 14.7 Å². The summed E-state index contributed by atoms with van der Waals surface area (Å²) in [6.07, 6.45) is 3.13. The van der Waals surface area contributed by atoms with E-state index >= 15 is 0 Å². The van der Waals surface area contributed by atoms with Crippen LogP contribution in [0.1, 0.15) is 31.0 Å². The number of aliphatic hydroxyl groups excluding tert-OH is 1. The minimum absolute atomic E-state index is 0.0165. The van der Waals surface area contributed by atoms with E-state index in [1.54, 1.807) is 67.0 Å². The van der Waals surface area contributed by atoms with Crippen LogP contribution in [0.25, 0.3) is 5.76 Å². The number of hydrogen-bond acceptors (Lipinski definition) is 5. The number of ether oxygens (including phenoxy) is 1. The molecule has 6 nitrogen and oxygen atoms in total. The van der Waals surface area contributed by atoms with Crippen molar-refractivity contribution in [3.05, 3.63) is 94.2 Å². The average molecular weight is 493 g/mol. The molecular formula is C25H21BrN2O4. The first-order valence-corrected chi connectivity index (χ1v) is 10.9.